The fraction of sp³-hybridized carbons (Fsp3) is 0.286. The second-order valence-electron chi connectivity index (χ2n) is 6.19. The van der Waals surface area contributed by atoms with Crippen molar-refractivity contribution in [2.45, 2.75) is 13.8 Å². The Kier molecular flexibility index (Phi) is 6.41. The van der Waals surface area contributed by atoms with Crippen molar-refractivity contribution in [2.75, 3.05) is 27.9 Å². The molecule has 0 saturated carbocycles. The largest absolute Gasteiger partial charge is 0.496 e. The minimum absolute atomic E-state index is 0.261. The molecule has 3 rings (SSSR count). The van der Waals surface area contributed by atoms with E-state index in [4.69, 9.17) is 18.9 Å². The molecule has 2 aromatic heterocycles. The molecule has 0 spiro atoms. The van der Waals surface area contributed by atoms with E-state index in [0.717, 1.165) is 11.3 Å². The topological polar surface area (TPSA) is 99.7 Å². The van der Waals surface area contributed by atoms with Crippen LogP contribution in [0.2, 0.25) is 0 Å². The Balaban J connectivity index is 2.03. The zero-order valence-electron chi connectivity index (χ0n) is 17.3. The smallest absolute Gasteiger partial charge is 0.348 e. The number of H-pyrrole nitrogens is 1. The number of aromatic amines is 1. The lowest BCUT2D eigenvalue weighted by Crippen LogP contribution is -2.10. The van der Waals surface area contributed by atoms with Crippen LogP contribution in [0.3, 0.4) is 0 Å². The maximum Gasteiger partial charge on any atom is 0.348 e. The SMILES string of the molecule is CCOC(=O)c1sc2nc(/C=C/c3cc(OC)c(OC)cc3OC)[nH]c(=O)c2c1C. The Labute approximate surface area is 177 Å². The van der Waals surface area contributed by atoms with Crippen LogP contribution in [0.1, 0.15) is 33.5 Å². The predicted molar refractivity (Wildman–Crippen MR) is 116 cm³/mol. The fourth-order valence-electron chi connectivity index (χ4n) is 2.98. The van der Waals surface area contributed by atoms with Crippen molar-refractivity contribution in [2.24, 2.45) is 0 Å². The minimum Gasteiger partial charge on any atom is -0.496 e. The number of aromatic nitrogens is 2. The summed E-state index contributed by atoms with van der Waals surface area (Å²) >= 11 is 1.14. The monoisotopic (exact) mass is 430 g/mol. The number of rotatable bonds is 7. The highest BCUT2D eigenvalue weighted by Gasteiger charge is 2.20. The summed E-state index contributed by atoms with van der Waals surface area (Å²) in [5.41, 5.74) is 0.968. The van der Waals surface area contributed by atoms with E-state index in [0.29, 0.717) is 49.3 Å². The van der Waals surface area contributed by atoms with Crippen molar-refractivity contribution in [3.63, 3.8) is 0 Å². The van der Waals surface area contributed by atoms with E-state index in [-0.39, 0.29) is 12.2 Å². The number of nitrogens with zero attached hydrogens (tertiary/aromatic N) is 1. The molecule has 0 aliphatic carbocycles. The Hall–Kier alpha value is -3.33. The summed E-state index contributed by atoms with van der Waals surface area (Å²) in [7, 11) is 4.64. The molecule has 30 heavy (non-hydrogen) atoms. The number of carbonyl (C=O) groups excluding carboxylic acids is 1. The number of benzene rings is 1. The van der Waals surface area contributed by atoms with Crippen LogP contribution in [0.15, 0.2) is 16.9 Å². The summed E-state index contributed by atoms with van der Waals surface area (Å²) < 4.78 is 21.1. The number of fused-ring (bicyclic) bond motifs is 1. The van der Waals surface area contributed by atoms with Gasteiger partial charge in [-0.3, -0.25) is 4.79 Å². The highest BCUT2D eigenvalue weighted by Crippen LogP contribution is 2.35. The van der Waals surface area contributed by atoms with Crippen molar-refractivity contribution >= 4 is 39.7 Å². The first-order chi connectivity index (χ1) is 14.4. The van der Waals surface area contributed by atoms with E-state index in [1.165, 1.54) is 0 Å². The molecule has 3 aromatic rings. The number of thiophene rings is 1. The quantitative estimate of drug-likeness (QED) is 0.571. The molecule has 9 heteroatoms. The molecule has 0 radical (unpaired) electrons. The summed E-state index contributed by atoms with van der Waals surface area (Å²) in [5.74, 6) is 1.55. The molecule has 0 amide bonds. The Morgan fingerprint density at radius 1 is 1.10 bits per heavy atom. The third-order valence-electron chi connectivity index (χ3n) is 4.44. The summed E-state index contributed by atoms with van der Waals surface area (Å²) in [5, 5.41) is 0.393. The number of hydrogen-bond acceptors (Lipinski definition) is 8. The minimum atomic E-state index is -0.454. The molecule has 0 bridgehead atoms. The molecule has 0 aliphatic rings. The Morgan fingerprint density at radius 3 is 2.40 bits per heavy atom. The molecule has 0 saturated heterocycles. The van der Waals surface area contributed by atoms with E-state index in [2.05, 4.69) is 9.97 Å². The first-order valence-electron chi connectivity index (χ1n) is 9.12. The first kappa shape index (κ1) is 21.4. The van der Waals surface area contributed by atoms with Gasteiger partial charge >= 0.3 is 5.97 Å². The lowest BCUT2D eigenvalue weighted by Gasteiger charge is -2.12. The highest BCUT2D eigenvalue weighted by molar-refractivity contribution is 7.20. The van der Waals surface area contributed by atoms with Gasteiger partial charge in [-0.15, -0.1) is 11.3 Å². The normalized spacial score (nSPS) is 11.1. The maximum absolute atomic E-state index is 12.6. The van der Waals surface area contributed by atoms with Gasteiger partial charge in [-0.2, -0.15) is 0 Å². The van der Waals surface area contributed by atoms with Gasteiger partial charge in [0.25, 0.3) is 5.56 Å². The molecule has 1 aromatic carbocycles. The summed E-state index contributed by atoms with van der Waals surface area (Å²) in [6.07, 6.45) is 3.40. The van der Waals surface area contributed by atoms with E-state index < -0.39 is 5.97 Å². The van der Waals surface area contributed by atoms with Gasteiger partial charge < -0.3 is 23.9 Å². The van der Waals surface area contributed by atoms with Gasteiger partial charge in [-0.05, 0) is 37.6 Å². The summed E-state index contributed by atoms with van der Waals surface area (Å²) in [4.78, 5) is 32.8. The fourth-order valence-corrected chi connectivity index (χ4v) is 4.07. The van der Waals surface area contributed by atoms with Crippen molar-refractivity contribution in [3.05, 3.63) is 44.3 Å². The van der Waals surface area contributed by atoms with Crippen LogP contribution in [0.25, 0.3) is 22.4 Å². The average Bonchev–Trinajstić information content (AvgIpc) is 3.08. The molecular weight excluding hydrogens is 408 g/mol. The zero-order valence-corrected chi connectivity index (χ0v) is 18.1. The van der Waals surface area contributed by atoms with Crippen molar-refractivity contribution in [1.82, 2.24) is 9.97 Å². The third-order valence-corrected chi connectivity index (χ3v) is 5.60. The molecule has 158 valence electrons. The van der Waals surface area contributed by atoms with Crippen molar-refractivity contribution in [3.8, 4) is 17.2 Å². The molecule has 1 N–H and O–H groups in total. The van der Waals surface area contributed by atoms with Crippen LogP contribution in [0.4, 0.5) is 0 Å². The molecule has 2 heterocycles. The number of hydrogen-bond donors (Lipinski definition) is 1. The van der Waals surface area contributed by atoms with Crippen LogP contribution in [0.5, 0.6) is 17.2 Å². The number of carbonyl (C=O) groups is 1. The second-order valence-corrected chi connectivity index (χ2v) is 7.19. The molecule has 0 aliphatic heterocycles. The van der Waals surface area contributed by atoms with Crippen LogP contribution in [0, 0.1) is 6.92 Å². The standard InChI is InChI=1S/C21H22N2O6S/c1-6-29-21(25)18-11(2)17-19(24)22-16(23-20(17)30-18)8-7-12-9-14(27-4)15(28-5)10-13(12)26-3/h7-10H,6H2,1-5H3,(H,22,23,24)/b8-7+. The van der Waals surface area contributed by atoms with Crippen LogP contribution < -0.4 is 19.8 Å². The number of esters is 1. The van der Waals surface area contributed by atoms with E-state index in [1.54, 1.807) is 59.5 Å². The van der Waals surface area contributed by atoms with Gasteiger partial charge in [0.2, 0.25) is 0 Å². The number of methoxy groups -OCH3 is 3. The van der Waals surface area contributed by atoms with Gasteiger partial charge in [0.05, 0.1) is 33.3 Å². The number of ether oxygens (including phenoxy) is 4. The van der Waals surface area contributed by atoms with Gasteiger partial charge in [0, 0.05) is 11.6 Å². The molecule has 0 fully saturated rings. The lowest BCUT2D eigenvalue weighted by atomic mass is 10.1. The second kappa shape index (κ2) is 9.00. The van der Waals surface area contributed by atoms with Gasteiger partial charge in [-0.1, -0.05) is 0 Å². The number of aryl methyl sites for hydroxylation is 1. The third kappa shape index (κ3) is 4.02. The van der Waals surface area contributed by atoms with E-state index >= 15 is 0 Å². The van der Waals surface area contributed by atoms with Crippen molar-refractivity contribution in [1.29, 1.82) is 0 Å². The molecule has 0 atom stereocenters. The van der Waals surface area contributed by atoms with Crippen LogP contribution in [-0.2, 0) is 4.74 Å². The van der Waals surface area contributed by atoms with E-state index in [9.17, 15) is 9.59 Å². The molecule has 8 nitrogen and oxygen atoms in total. The lowest BCUT2D eigenvalue weighted by molar-refractivity contribution is 0.0531. The molecule has 0 unspecified atom stereocenters. The maximum atomic E-state index is 12.6. The highest BCUT2D eigenvalue weighted by atomic mass is 32.1. The van der Waals surface area contributed by atoms with Crippen LogP contribution >= 0.6 is 11.3 Å². The van der Waals surface area contributed by atoms with Gasteiger partial charge in [0.15, 0.2) is 11.5 Å². The number of nitrogens with one attached hydrogen (secondary N) is 1. The first-order valence-corrected chi connectivity index (χ1v) is 9.93. The van der Waals surface area contributed by atoms with E-state index in [1.807, 2.05) is 0 Å². The predicted octanol–water partition coefficient (Wildman–Crippen LogP) is 3.67. The summed E-state index contributed by atoms with van der Waals surface area (Å²) in [6.45, 7) is 3.71. The Morgan fingerprint density at radius 2 is 1.77 bits per heavy atom. The van der Waals surface area contributed by atoms with Gasteiger partial charge in [0.1, 0.15) is 21.3 Å². The van der Waals surface area contributed by atoms with Gasteiger partial charge in [-0.25, -0.2) is 9.78 Å². The Bertz CT molecular complexity index is 1180. The van der Waals surface area contributed by atoms with Crippen LogP contribution in [-0.4, -0.2) is 43.9 Å². The molecular formula is C21H22N2O6S. The summed E-state index contributed by atoms with van der Waals surface area (Å²) in [6, 6.07) is 3.48. The zero-order chi connectivity index (χ0) is 21.8. The average molecular weight is 430 g/mol. The van der Waals surface area contributed by atoms with Crippen molar-refractivity contribution < 1.29 is 23.7 Å².